The van der Waals surface area contributed by atoms with E-state index >= 15 is 0 Å². The molecule has 6 rings (SSSR count). The highest BCUT2D eigenvalue weighted by Gasteiger charge is 2.36. The van der Waals surface area contributed by atoms with Gasteiger partial charge in [-0.1, -0.05) is 13.8 Å². The lowest BCUT2D eigenvalue weighted by Crippen LogP contribution is -2.02. The van der Waals surface area contributed by atoms with Crippen molar-refractivity contribution in [1.82, 2.24) is 0 Å². The number of ether oxygens (including phenoxy) is 2. The summed E-state index contributed by atoms with van der Waals surface area (Å²) in [5.41, 5.74) is 2.17. The quantitative estimate of drug-likeness (QED) is 0.188. The molecule has 8 heteroatoms. The van der Waals surface area contributed by atoms with E-state index in [0.29, 0.717) is 43.8 Å². The molecular weight excluding hydrogens is 440 g/mol. The van der Waals surface area contributed by atoms with Crippen LogP contribution in [-0.2, 0) is 0 Å². The monoisotopic (exact) mass is 458 g/mol. The predicted molar refractivity (Wildman–Crippen MR) is 122 cm³/mol. The van der Waals surface area contributed by atoms with E-state index in [4.69, 9.17) is 9.47 Å². The van der Waals surface area contributed by atoms with Crippen molar-refractivity contribution in [3.05, 3.63) is 46.5 Å². The van der Waals surface area contributed by atoms with Crippen molar-refractivity contribution in [1.29, 1.82) is 0 Å². The molecule has 0 spiro atoms. The smallest absolute Gasteiger partial charge is 0.348 e. The van der Waals surface area contributed by atoms with Crippen LogP contribution in [0.1, 0.15) is 51.6 Å². The van der Waals surface area contributed by atoms with Gasteiger partial charge in [-0.2, -0.15) is 0 Å². The molecule has 0 fully saturated rings. The molecule has 8 nitrogen and oxygen atoms in total. The second kappa shape index (κ2) is 6.32. The second-order valence-electron chi connectivity index (χ2n) is 8.91. The highest BCUT2D eigenvalue weighted by Crippen LogP contribution is 2.53. The molecule has 0 bridgehead atoms. The van der Waals surface area contributed by atoms with Crippen LogP contribution in [0.2, 0.25) is 0 Å². The van der Waals surface area contributed by atoms with Crippen LogP contribution >= 0.6 is 0 Å². The zero-order chi connectivity index (χ0) is 24.2. The molecular formula is C26H18O8. The summed E-state index contributed by atoms with van der Waals surface area (Å²) in [6.07, 6.45) is 0. The van der Waals surface area contributed by atoms with E-state index in [0.717, 1.165) is 0 Å². The van der Waals surface area contributed by atoms with E-state index in [2.05, 4.69) is 0 Å². The summed E-state index contributed by atoms with van der Waals surface area (Å²) in [6, 6.07) is 6.53. The van der Waals surface area contributed by atoms with Gasteiger partial charge in [-0.05, 0) is 59.0 Å². The Morgan fingerprint density at radius 3 is 2.18 bits per heavy atom. The third-order valence-corrected chi connectivity index (χ3v) is 6.63. The van der Waals surface area contributed by atoms with Crippen molar-refractivity contribution < 1.29 is 39.5 Å². The minimum absolute atomic E-state index is 0.0716. The Hall–Kier alpha value is -4.46. The molecule has 0 aromatic heterocycles. The SMILES string of the molecule is Cc1c(-c2cc3c4c(c(O)c(O)cc4c2)C(=O)O3)cc2c(C(C)C)c(O)c(O)c3c2c1OC3=O. The van der Waals surface area contributed by atoms with Crippen LogP contribution in [-0.4, -0.2) is 32.4 Å². The summed E-state index contributed by atoms with van der Waals surface area (Å²) in [7, 11) is 0. The first-order valence-electron chi connectivity index (χ1n) is 10.6. The fourth-order valence-corrected chi connectivity index (χ4v) is 5.13. The van der Waals surface area contributed by atoms with Crippen LogP contribution in [0.4, 0.5) is 0 Å². The van der Waals surface area contributed by atoms with Crippen molar-refractivity contribution in [3.8, 4) is 45.6 Å². The van der Waals surface area contributed by atoms with Crippen LogP contribution in [0, 0.1) is 6.92 Å². The molecule has 0 saturated heterocycles. The maximum atomic E-state index is 12.6. The van der Waals surface area contributed by atoms with E-state index in [-0.39, 0.29) is 34.3 Å². The van der Waals surface area contributed by atoms with Crippen LogP contribution in [0.3, 0.4) is 0 Å². The summed E-state index contributed by atoms with van der Waals surface area (Å²) in [4.78, 5) is 24.9. The largest absolute Gasteiger partial charge is 0.504 e. The van der Waals surface area contributed by atoms with E-state index in [9.17, 15) is 30.0 Å². The van der Waals surface area contributed by atoms with Gasteiger partial charge in [0.15, 0.2) is 23.0 Å². The van der Waals surface area contributed by atoms with Gasteiger partial charge in [-0.25, -0.2) is 9.59 Å². The second-order valence-corrected chi connectivity index (χ2v) is 8.91. The van der Waals surface area contributed by atoms with E-state index in [1.165, 1.54) is 6.07 Å². The third-order valence-electron chi connectivity index (χ3n) is 6.63. The molecule has 170 valence electrons. The number of hydrogen-bond donors (Lipinski definition) is 4. The van der Waals surface area contributed by atoms with E-state index in [1.807, 2.05) is 13.8 Å². The molecule has 0 amide bonds. The van der Waals surface area contributed by atoms with Crippen LogP contribution in [0.25, 0.3) is 32.7 Å². The van der Waals surface area contributed by atoms with Crippen molar-refractivity contribution in [3.63, 3.8) is 0 Å². The molecule has 2 heterocycles. The Morgan fingerprint density at radius 2 is 1.47 bits per heavy atom. The lowest BCUT2D eigenvalue weighted by molar-refractivity contribution is 0.0740. The predicted octanol–water partition coefficient (Wildman–Crippen LogP) is 4.98. The molecule has 4 aromatic carbocycles. The lowest BCUT2D eigenvalue weighted by atomic mass is 9.87. The Morgan fingerprint density at radius 1 is 0.794 bits per heavy atom. The summed E-state index contributed by atoms with van der Waals surface area (Å²) >= 11 is 0. The Labute approximate surface area is 192 Å². The number of benzene rings is 4. The van der Waals surface area contributed by atoms with Gasteiger partial charge < -0.3 is 29.9 Å². The standard InChI is InChI=1S/C26H18O8/c1-8(2)16-13-7-12(9(3)24-18(13)20(26(32)34-24)23(30)22(16)29)10-4-11-5-14(27)21(28)19-17(11)15(6-10)33-25(19)31/h4-8,27-30H,1-3H3. The minimum Gasteiger partial charge on any atom is -0.504 e. The zero-order valence-corrected chi connectivity index (χ0v) is 18.3. The third kappa shape index (κ3) is 2.31. The van der Waals surface area contributed by atoms with Crippen LogP contribution < -0.4 is 9.47 Å². The molecule has 0 atom stereocenters. The average molecular weight is 458 g/mol. The summed E-state index contributed by atoms with van der Waals surface area (Å²) in [5.74, 6) is -3.03. The molecule has 4 N–H and O–H groups in total. The van der Waals surface area contributed by atoms with Crippen molar-refractivity contribution in [2.75, 3.05) is 0 Å². The summed E-state index contributed by atoms with van der Waals surface area (Å²) < 4.78 is 10.9. The number of esters is 2. The number of carbonyl (C=O) groups is 2. The number of phenolic OH excluding ortho intramolecular Hbond substituents is 4. The van der Waals surface area contributed by atoms with Crippen molar-refractivity contribution in [2.24, 2.45) is 0 Å². The van der Waals surface area contributed by atoms with Gasteiger partial charge in [0.2, 0.25) is 0 Å². The Bertz CT molecular complexity index is 1660. The van der Waals surface area contributed by atoms with Gasteiger partial charge in [0.25, 0.3) is 0 Å². The van der Waals surface area contributed by atoms with Gasteiger partial charge in [0, 0.05) is 21.9 Å². The highest BCUT2D eigenvalue weighted by molar-refractivity contribution is 6.19. The number of aromatic hydroxyl groups is 4. The minimum atomic E-state index is -0.763. The first kappa shape index (κ1) is 20.2. The molecule has 0 saturated carbocycles. The van der Waals surface area contributed by atoms with Crippen molar-refractivity contribution in [2.45, 2.75) is 26.7 Å². The number of carbonyl (C=O) groups excluding carboxylic acids is 2. The first-order chi connectivity index (χ1) is 16.1. The average Bonchev–Trinajstić information content (AvgIpc) is 3.29. The first-order valence-corrected chi connectivity index (χ1v) is 10.6. The molecule has 4 aromatic rings. The molecule has 0 aliphatic carbocycles. The van der Waals surface area contributed by atoms with Crippen LogP contribution in [0.5, 0.6) is 34.5 Å². The maximum absolute atomic E-state index is 12.6. The van der Waals surface area contributed by atoms with E-state index < -0.39 is 29.2 Å². The molecule has 0 unspecified atom stereocenters. The number of phenols is 4. The van der Waals surface area contributed by atoms with Gasteiger partial charge >= 0.3 is 11.9 Å². The van der Waals surface area contributed by atoms with Gasteiger partial charge in [0.05, 0.1) is 0 Å². The van der Waals surface area contributed by atoms with Gasteiger partial charge in [-0.15, -0.1) is 0 Å². The molecule has 2 aliphatic rings. The molecule has 2 aliphatic heterocycles. The Kier molecular flexibility index (Phi) is 3.75. The van der Waals surface area contributed by atoms with Crippen molar-refractivity contribution >= 4 is 33.5 Å². The number of hydrogen-bond acceptors (Lipinski definition) is 8. The Balaban J connectivity index is 1.72. The van der Waals surface area contributed by atoms with Crippen LogP contribution in [0.15, 0.2) is 24.3 Å². The summed E-state index contributed by atoms with van der Waals surface area (Å²) in [6.45, 7) is 5.49. The molecule has 0 radical (unpaired) electrons. The highest BCUT2D eigenvalue weighted by atomic mass is 16.5. The van der Waals surface area contributed by atoms with E-state index in [1.54, 1.807) is 25.1 Å². The lowest BCUT2D eigenvalue weighted by Gasteiger charge is -2.17. The molecule has 34 heavy (non-hydrogen) atoms. The normalized spacial score (nSPS) is 13.9. The van der Waals surface area contributed by atoms with Gasteiger partial charge in [-0.3, -0.25) is 0 Å². The number of rotatable bonds is 2. The summed E-state index contributed by atoms with van der Waals surface area (Å²) in [5, 5.41) is 43.4. The van der Waals surface area contributed by atoms with Gasteiger partial charge in [0.1, 0.15) is 22.6 Å². The fraction of sp³-hybridized carbons (Fsp3) is 0.154. The zero-order valence-electron chi connectivity index (χ0n) is 18.3. The topological polar surface area (TPSA) is 134 Å². The maximum Gasteiger partial charge on any atom is 0.348 e. The fourth-order valence-electron chi connectivity index (χ4n) is 5.13.